The predicted molar refractivity (Wildman–Crippen MR) is 75.9 cm³/mol. The zero-order valence-corrected chi connectivity index (χ0v) is 12.8. The first kappa shape index (κ1) is 14.0. The summed E-state index contributed by atoms with van der Waals surface area (Å²) in [5, 5.41) is 0. The summed E-state index contributed by atoms with van der Waals surface area (Å²) >= 11 is 3.30. The van der Waals surface area contributed by atoms with Gasteiger partial charge in [0.05, 0.1) is 4.90 Å². The molecule has 1 aliphatic carbocycles. The van der Waals surface area contributed by atoms with E-state index in [2.05, 4.69) is 27.6 Å². The van der Waals surface area contributed by atoms with Gasteiger partial charge in [-0.2, -0.15) is 0 Å². The topological polar surface area (TPSA) is 46.2 Å². The third kappa shape index (κ3) is 3.33. The van der Waals surface area contributed by atoms with Crippen molar-refractivity contribution in [3.05, 3.63) is 28.7 Å². The van der Waals surface area contributed by atoms with Crippen molar-refractivity contribution in [1.82, 2.24) is 4.72 Å². The Morgan fingerprint density at radius 1 is 1.28 bits per heavy atom. The Bertz CT molecular complexity index is 515. The van der Waals surface area contributed by atoms with Gasteiger partial charge < -0.3 is 0 Å². The van der Waals surface area contributed by atoms with Crippen LogP contribution in [-0.2, 0) is 10.0 Å². The van der Waals surface area contributed by atoms with Gasteiger partial charge in [-0.3, -0.25) is 0 Å². The molecule has 18 heavy (non-hydrogen) atoms. The molecule has 100 valence electrons. The minimum absolute atomic E-state index is 0.0720. The van der Waals surface area contributed by atoms with E-state index in [-0.39, 0.29) is 6.04 Å². The van der Waals surface area contributed by atoms with E-state index in [9.17, 15) is 8.42 Å². The van der Waals surface area contributed by atoms with Gasteiger partial charge in [0.2, 0.25) is 10.0 Å². The molecule has 2 rings (SSSR count). The lowest BCUT2D eigenvalue weighted by atomic mass is 9.87. The van der Waals surface area contributed by atoms with E-state index < -0.39 is 10.0 Å². The summed E-state index contributed by atoms with van der Waals surface area (Å²) in [4.78, 5) is 0.328. The predicted octanol–water partition coefficient (Wildman–Crippen LogP) is 3.31. The zero-order chi connectivity index (χ0) is 13.2. The molecule has 0 bridgehead atoms. The molecule has 0 amide bonds. The van der Waals surface area contributed by atoms with E-state index in [0.29, 0.717) is 10.8 Å². The highest BCUT2D eigenvalue weighted by atomic mass is 79.9. The molecule has 1 fully saturated rings. The van der Waals surface area contributed by atoms with Crippen molar-refractivity contribution in [2.24, 2.45) is 5.92 Å². The lowest BCUT2D eigenvalue weighted by Crippen LogP contribution is -2.40. The van der Waals surface area contributed by atoms with Crippen LogP contribution in [0.25, 0.3) is 0 Å². The second-order valence-corrected chi connectivity index (χ2v) is 7.58. The van der Waals surface area contributed by atoms with Gasteiger partial charge >= 0.3 is 0 Å². The Balaban J connectivity index is 2.16. The average molecular weight is 332 g/mol. The van der Waals surface area contributed by atoms with Crippen LogP contribution in [0.3, 0.4) is 0 Å². The summed E-state index contributed by atoms with van der Waals surface area (Å²) in [5.74, 6) is 0.417. The maximum Gasteiger partial charge on any atom is 0.240 e. The van der Waals surface area contributed by atoms with Crippen LogP contribution >= 0.6 is 15.9 Å². The number of hydrogen-bond donors (Lipinski definition) is 1. The highest BCUT2D eigenvalue weighted by Gasteiger charge is 2.26. The van der Waals surface area contributed by atoms with Crippen LogP contribution < -0.4 is 4.72 Å². The summed E-state index contributed by atoms with van der Waals surface area (Å²) < 4.78 is 28.2. The third-order valence-corrected chi connectivity index (χ3v) is 5.51. The number of benzene rings is 1. The number of halogens is 1. The lowest BCUT2D eigenvalue weighted by molar-refractivity contribution is 0.310. The average Bonchev–Trinajstić information content (AvgIpc) is 2.32. The van der Waals surface area contributed by atoms with Crippen LogP contribution in [0.4, 0.5) is 0 Å². The highest BCUT2D eigenvalue weighted by molar-refractivity contribution is 9.10. The molecule has 2 unspecified atom stereocenters. The molecule has 3 nitrogen and oxygen atoms in total. The van der Waals surface area contributed by atoms with Crippen LogP contribution in [0.15, 0.2) is 33.6 Å². The van der Waals surface area contributed by atoms with Crippen LogP contribution in [-0.4, -0.2) is 14.5 Å². The van der Waals surface area contributed by atoms with Gasteiger partial charge in [0.1, 0.15) is 0 Å². The van der Waals surface area contributed by atoms with E-state index >= 15 is 0 Å². The fourth-order valence-corrected chi connectivity index (χ4v) is 4.37. The van der Waals surface area contributed by atoms with E-state index in [1.165, 1.54) is 6.42 Å². The molecule has 5 heteroatoms. The molecule has 1 N–H and O–H groups in total. The molecule has 0 aromatic heterocycles. The third-order valence-electron chi connectivity index (χ3n) is 3.52. The Labute approximate surface area is 117 Å². The molecule has 0 heterocycles. The first-order chi connectivity index (χ1) is 8.49. The fraction of sp³-hybridized carbons (Fsp3) is 0.538. The van der Waals surface area contributed by atoms with Crippen molar-refractivity contribution in [1.29, 1.82) is 0 Å². The van der Waals surface area contributed by atoms with Gasteiger partial charge in [0.15, 0.2) is 0 Å². The quantitative estimate of drug-likeness (QED) is 0.923. The van der Waals surface area contributed by atoms with Crippen LogP contribution in [0.1, 0.15) is 32.6 Å². The zero-order valence-electron chi connectivity index (χ0n) is 10.4. The summed E-state index contributed by atoms with van der Waals surface area (Å²) in [7, 11) is -3.40. The van der Waals surface area contributed by atoms with Gasteiger partial charge in [0.25, 0.3) is 0 Å². The molecular weight excluding hydrogens is 314 g/mol. The highest BCUT2D eigenvalue weighted by Crippen LogP contribution is 2.25. The van der Waals surface area contributed by atoms with Crippen molar-refractivity contribution in [2.45, 2.75) is 43.5 Å². The molecule has 1 aromatic rings. The smallest absolute Gasteiger partial charge is 0.208 e. The number of hydrogen-bond acceptors (Lipinski definition) is 2. The number of sulfonamides is 1. The summed E-state index contributed by atoms with van der Waals surface area (Å²) in [6, 6.07) is 6.89. The molecule has 0 radical (unpaired) electrons. The number of nitrogens with one attached hydrogen (secondary N) is 1. The van der Waals surface area contributed by atoms with Crippen LogP contribution in [0.2, 0.25) is 0 Å². The Morgan fingerprint density at radius 3 is 2.67 bits per heavy atom. The van der Waals surface area contributed by atoms with Gasteiger partial charge in [-0.1, -0.05) is 41.8 Å². The van der Waals surface area contributed by atoms with E-state index in [4.69, 9.17) is 0 Å². The van der Waals surface area contributed by atoms with E-state index in [0.717, 1.165) is 23.7 Å². The summed E-state index contributed by atoms with van der Waals surface area (Å²) in [5.41, 5.74) is 0. The largest absolute Gasteiger partial charge is 0.240 e. The fourth-order valence-electron chi connectivity index (χ4n) is 2.39. The van der Waals surface area contributed by atoms with Crippen LogP contribution in [0.5, 0.6) is 0 Å². The minimum atomic E-state index is -3.40. The summed E-state index contributed by atoms with van der Waals surface area (Å²) in [6.45, 7) is 2.12. The minimum Gasteiger partial charge on any atom is -0.208 e. The number of rotatable bonds is 3. The monoisotopic (exact) mass is 331 g/mol. The van der Waals surface area contributed by atoms with Crippen LogP contribution in [0, 0.1) is 5.92 Å². The molecular formula is C13H18BrNO2S. The van der Waals surface area contributed by atoms with Crippen molar-refractivity contribution >= 4 is 26.0 Å². The van der Waals surface area contributed by atoms with E-state index in [1.807, 2.05) is 6.07 Å². The summed E-state index contributed by atoms with van der Waals surface area (Å²) in [6.07, 6.45) is 4.35. The maximum absolute atomic E-state index is 12.3. The van der Waals surface area contributed by atoms with Crippen molar-refractivity contribution in [3.8, 4) is 0 Å². The standard InChI is InChI=1S/C13H18BrNO2S/c1-10-5-2-3-8-13(10)15-18(16,17)12-7-4-6-11(14)9-12/h4,6-7,9-10,13,15H,2-3,5,8H2,1H3. The van der Waals surface area contributed by atoms with Crippen molar-refractivity contribution in [2.75, 3.05) is 0 Å². The van der Waals surface area contributed by atoms with Gasteiger partial charge in [-0.25, -0.2) is 13.1 Å². The van der Waals surface area contributed by atoms with Gasteiger partial charge in [-0.05, 0) is 37.0 Å². The SMILES string of the molecule is CC1CCCCC1NS(=O)(=O)c1cccc(Br)c1. The molecule has 0 spiro atoms. The molecule has 1 saturated carbocycles. The van der Waals surface area contributed by atoms with Gasteiger partial charge in [0, 0.05) is 10.5 Å². The maximum atomic E-state index is 12.3. The van der Waals surface area contributed by atoms with Crippen molar-refractivity contribution in [3.63, 3.8) is 0 Å². The molecule has 1 aliphatic rings. The second kappa shape index (κ2) is 5.72. The molecule has 0 aliphatic heterocycles. The Hall–Kier alpha value is -0.390. The second-order valence-electron chi connectivity index (χ2n) is 4.95. The Kier molecular flexibility index (Phi) is 4.45. The molecule has 0 saturated heterocycles. The Morgan fingerprint density at radius 2 is 2.00 bits per heavy atom. The van der Waals surface area contributed by atoms with Crippen molar-refractivity contribution < 1.29 is 8.42 Å². The lowest BCUT2D eigenvalue weighted by Gasteiger charge is -2.29. The molecule has 1 aromatic carbocycles. The molecule has 2 atom stereocenters. The first-order valence-corrected chi connectivity index (χ1v) is 8.54. The van der Waals surface area contributed by atoms with E-state index in [1.54, 1.807) is 18.2 Å². The van der Waals surface area contributed by atoms with Gasteiger partial charge in [-0.15, -0.1) is 0 Å². The normalized spacial score (nSPS) is 25.0. The first-order valence-electron chi connectivity index (χ1n) is 6.27.